The fourth-order valence-corrected chi connectivity index (χ4v) is 2.46. The molecule has 0 aliphatic carbocycles. The predicted molar refractivity (Wildman–Crippen MR) is 94.8 cm³/mol. The minimum atomic E-state index is -0.157. The highest BCUT2D eigenvalue weighted by atomic mass is 16.5. The number of carbonyl (C=O) groups excluding carboxylic acids is 1. The Hall–Kier alpha value is -3.35. The minimum absolute atomic E-state index is 0.157. The largest absolute Gasteiger partial charge is 0.497 e. The third-order valence-corrected chi connectivity index (χ3v) is 3.76. The summed E-state index contributed by atoms with van der Waals surface area (Å²) in [5.41, 5.74) is 1.57. The Morgan fingerprint density at radius 3 is 2.73 bits per heavy atom. The van der Waals surface area contributed by atoms with Gasteiger partial charge in [0.2, 0.25) is 17.7 Å². The highest BCUT2D eigenvalue weighted by Crippen LogP contribution is 2.22. The van der Waals surface area contributed by atoms with Crippen molar-refractivity contribution in [2.75, 3.05) is 14.2 Å². The van der Waals surface area contributed by atoms with Crippen molar-refractivity contribution in [1.82, 2.24) is 15.5 Å². The van der Waals surface area contributed by atoms with Crippen molar-refractivity contribution in [1.29, 1.82) is 0 Å². The summed E-state index contributed by atoms with van der Waals surface area (Å²) in [6.07, 6.45) is 0.209. The molecule has 0 saturated heterocycles. The normalized spacial score (nSPS) is 10.4. The molecular weight excluding hydrogens is 334 g/mol. The van der Waals surface area contributed by atoms with Gasteiger partial charge in [0.25, 0.3) is 0 Å². The standard InChI is InChI=1S/C19H19N3O4/c1-24-15-8-5-7-14(10-15)19-22-21-18(26-19)12-20-17(23)11-13-6-3-4-9-16(13)25-2/h3-10H,11-12H2,1-2H3,(H,20,23). The van der Waals surface area contributed by atoms with Crippen LogP contribution in [0.4, 0.5) is 0 Å². The fourth-order valence-electron chi connectivity index (χ4n) is 2.46. The van der Waals surface area contributed by atoms with Crippen LogP contribution in [-0.4, -0.2) is 30.3 Å². The third-order valence-electron chi connectivity index (χ3n) is 3.76. The van der Waals surface area contributed by atoms with Crippen LogP contribution in [0.25, 0.3) is 11.5 Å². The van der Waals surface area contributed by atoms with Gasteiger partial charge in [0.1, 0.15) is 11.5 Å². The quantitative estimate of drug-likeness (QED) is 0.703. The summed E-state index contributed by atoms with van der Waals surface area (Å²) in [6.45, 7) is 0.158. The number of carbonyl (C=O) groups is 1. The van der Waals surface area contributed by atoms with Crippen LogP contribution in [0.3, 0.4) is 0 Å². The molecular formula is C19H19N3O4. The average molecular weight is 353 g/mol. The molecule has 1 heterocycles. The average Bonchev–Trinajstić information content (AvgIpc) is 3.16. The van der Waals surface area contributed by atoms with E-state index in [0.717, 1.165) is 11.1 Å². The first-order chi connectivity index (χ1) is 12.7. The van der Waals surface area contributed by atoms with Crippen molar-refractivity contribution < 1.29 is 18.7 Å². The summed E-state index contributed by atoms with van der Waals surface area (Å²) in [6, 6.07) is 14.7. The zero-order valence-electron chi connectivity index (χ0n) is 14.6. The Kier molecular flexibility index (Phi) is 5.48. The Morgan fingerprint density at radius 1 is 1.08 bits per heavy atom. The van der Waals surface area contributed by atoms with Gasteiger partial charge >= 0.3 is 0 Å². The molecule has 0 unspecified atom stereocenters. The molecule has 1 N–H and O–H groups in total. The van der Waals surface area contributed by atoms with Gasteiger partial charge < -0.3 is 19.2 Å². The van der Waals surface area contributed by atoms with E-state index >= 15 is 0 Å². The lowest BCUT2D eigenvalue weighted by atomic mass is 10.1. The van der Waals surface area contributed by atoms with Gasteiger partial charge in [-0.3, -0.25) is 4.79 Å². The Bertz CT molecular complexity index is 892. The van der Waals surface area contributed by atoms with Crippen LogP contribution >= 0.6 is 0 Å². The maximum Gasteiger partial charge on any atom is 0.247 e. The lowest BCUT2D eigenvalue weighted by molar-refractivity contribution is -0.120. The molecule has 0 atom stereocenters. The number of methoxy groups -OCH3 is 2. The molecule has 0 bridgehead atoms. The second kappa shape index (κ2) is 8.15. The first-order valence-corrected chi connectivity index (χ1v) is 8.05. The molecule has 1 amide bonds. The van der Waals surface area contributed by atoms with E-state index in [-0.39, 0.29) is 18.9 Å². The topological polar surface area (TPSA) is 86.5 Å². The number of nitrogens with zero attached hydrogens (tertiary/aromatic N) is 2. The Labute approximate surface area is 151 Å². The van der Waals surface area contributed by atoms with Crippen LogP contribution in [0, 0.1) is 0 Å². The van der Waals surface area contributed by atoms with Gasteiger partial charge in [-0.1, -0.05) is 24.3 Å². The zero-order valence-corrected chi connectivity index (χ0v) is 14.6. The molecule has 1 aromatic heterocycles. The molecule has 3 rings (SSSR count). The monoisotopic (exact) mass is 353 g/mol. The van der Waals surface area contributed by atoms with E-state index < -0.39 is 0 Å². The molecule has 3 aromatic rings. The van der Waals surface area contributed by atoms with Gasteiger partial charge in [-0.2, -0.15) is 0 Å². The molecule has 0 radical (unpaired) electrons. The number of hydrogen-bond donors (Lipinski definition) is 1. The van der Waals surface area contributed by atoms with Gasteiger partial charge in [0.15, 0.2) is 0 Å². The zero-order chi connectivity index (χ0) is 18.4. The van der Waals surface area contributed by atoms with Crippen molar-refractivity contribution in [2.24, 2.45) is 0 Å². The Morgan fingerprint density at radius 2 is 1.92 bits per heavy atom. The van der Waals surface area contributed by atoms with Gasteiger partial charge in [0.05, 0.1) is 27.2 Å². The molecule has 0 saturated carbocycles. The first-order valence-electron chi connectivity index (χ1n) is 8.05. The summed E-state index contributed by atoms with van der Waals surface area (Å²) < 4.78 is 16.0. The van der Waals surface area contributed by atoms with E-state index in [1.54, 1.807) is 20.3 Å². The second-order valence-electron chi connectivity index (χ2n) is 5.50. The SMILES string of the molecule is COc1cccc(-c2nnc(CNC(=O)Cc3ccccc3OC)o2)c1. The van der Waals surface area contributed by atoms with Crippen LogP contribution in [-0.2, 0) is 17.8 Å². The van der Waals surface area contributed by atoms with Gasteiger partial charge in [0, 0.05) is 11.1 Å². The number of benzene rings is 2. The maximum absolute atomic E-state index is 12.1. The van der Waals surface area contributed by atoms with Crippen molar-refractivity contribution in [3.8, 4) is 23.0 Å². The highest BCUT2D eigenvalue weighted by molar-refractivity contribution is 5.79. The van der Waals surface area contributed by atoms with Crippen molar-refractivity contribution in [2.45, 2.75) is 13.0 Å². The van der Waals surface area contributed by atoms with Crippen molar-refractivity contribution in [3.05, 3.63) is 60.0 Å². The summed E-state index contributed by atoms with van der Waals surface area (Å²) in [4.78, 5) is 12.1. The number of rotatable bonds is 7. The smallest absolute Gasteiger partial charge is 0.247 e. The van der Waals surface area contributed by atoms with E-state index in [1.807, 2.05) is 42.5 Å². The van der Waals surface area contributed by atoms with E-state index in [1.165, 1.54) is 0 Å². The Balaban J connectivity index is 1.60. The predicted octanol–water partition coefficient (Wildman–Crippen LogP) is 2.61. The van der Waals surface area contributed by atoms with Gasteiger partial charge in [-0.05, 0) is 24.3 Å². The number of ether oxygens (including phenoxy) is 2. The van der Waals surface area contributed by atoms with Crippen LogP contribution in [0.1, 0.15) is 11.5 Å². The van der Waals surface area contributed by atoms with Crippen molar-refractivity contribution in [3.63, 3.8) is 0 Å². The lowest BCUT2D eigenvalue weighted by Crippen LogP contribution is -2.24. The second-order valence-corrected chi connectivity index (χ2v) is 5.50. The van der Waals surface area contributed by atoms with Crippen LogP contribution in [0.15, 0.2) is 52.9 Å². The fraction of sp³-hybridized carbons (Fsp3) is 0.211. The molecule has 2 aromatic carbocycles. The van der Waals surface area contributed by atoms with Crippen LogP contribution in [0.2, 0.25) is 0 Å². The number of hydrogen-bond acceptors (Lipinski definition) is 6. The number of para-hydroxylation sites is 1. The van der Waals surface area contributed by atoms with Crippen molar-refractivity contribution >= 4 is 5.91 Å². The number of aromatic nitrogens is 2. The molecule has 7 heteroatoms. The summed E-state index contributed by atoms with van der Waals surface area (Å²) in [5, 5.41) is 10.7. The molecule has 134 valence electrons. The van der Waals surface area contributed by atoms with Crippen LogP contribution in [0.5, 0.6) is 11.5 Å². The van der Waals surface area contributed by atoms with E-state index in [9.17, 15) is 4.79 Å². The summed E-state index contributed by atoms with van der Waals surface area (Å²) >= 11 is 0. The third kappa shape index (κ3) is 4.18. The maximum atomic E-state index is 12.1. The molecule has 7 nitrogen and oxygen atoms in total. The molecule has 0 spiro atoms. The van der Waals surface area contributed by atoms with E-state index in [0.29, 0.717) is 23.3 Å². The van der Waals surface area contributed by atoms with Crippen LogP contribution < -0.4 is 14.8 Å². The van der Waals surface area contributed by atoms with Gasteiger partial charge in [-0.15, -0.1) is 10.2 Å². The first kappa shape index (κ1) is 17.5. The molecule has 0 aliphatic heterocycles. The number of amides is 1. The molecule has 0 fully saturated rings. The van der Waals surface area contributed by atoms with Gasteiger partial charge in [-0.25, -0.2) is 0 Å². The highest BCUT2D eigenvalue weighted by Gasteiger charge is 2.12. The summed E-state index contributed by atoms with van der Waals surface area (Å²) in [7, 11) is 3.17. The van der Waals surface area contributed by atoms with E-state index in [2.05, 4.69) is 15.5 Å². The number of nitrogens with one attached hydrogen (secondary N) is 1. The molecule has 0 aliphatic rings. The summed E-state index contributed by atoms with van der Waals surface area (Å²) in [5.74, 6) is 1.93. The molecule has 26 heavy (non-hydrogen) atoms. The van der Waals surface area contributed by atoms with E-state index in [4.69, 9.17) is 13.9 Å². The minimum Gasteiger partial charge on any atom is -0.497 e. The lowest BCUT2D eigenvalue weighted by Gasteiger charge is -2.07.